The first-order valence-corrected chi connectivity index (χ1v) is 5.75. The molecule has 1 aromatic carbocycles. The van der Waals surface area contributed by atoms with Crippen molar-refractivity contribution in [2.45, 2.75) is 6.92 Å². The average Bonchev–Trinajstić information content (AvgIpc) is 2.36. The number of amides is 1. The largest absolute Gasteiger partial charge is 0.383 e. The summed E-state index contributed by atoms with van der Waals surface area (Å²) in [6.45, 7) is 3.20. The SMILES string of the molecule is COCCNC(=O)c1ccc(C)cc1C#CCN. The summed E-state index contributed by atoms with van der Waals surface area (Å²) < 4.78 is 4.88. The second-order valence-electron chi connectivity index (χ2n) is 3.80. The van der Waals surface area contributed by atoms with Gasteiger partial charge in [-0.2, -0.15) is 0 Å². The van der Waals surface area contributed by atoms with Crippen LogP contribution in [0.25, 0.3) is 0 Å². The van der Waals surface area contributed by atoms with Crippen LogP contribution < -0.4 is 11.1 Å². The Balaban J connectivity index is 2.89. The second-order valence-corrected chi connectivity index (χ2v) is 3.80. The molecule has 0 aliphatic carbocycles. The van der Waals surface area contributed by atoms with Gasteiger partial charge in [0.25, 0.3) is 5.91 Å². The number of hydrogen-bond acceptors (Lipinski definition) is 3. The van der Waals surface area contributed by atoms with Gasteiger partial charge in [0.05, 0.1) is 18.7 Å². The van der Waals surface area contributed by atoms with Crippen molar-refractivity contribution in [2.75, 3.05) is 26.8 Å². The van der Waals surface area contributed by atoms with Crippen molar-refractivity contribution < 1.29 is 9.53 Å². The highest BCUT2D eigenvalue weighted by molar-refractivity contribution is 5.96. The minimum atomic E-state index is -0.145. The number of carbonyl (C=O) groups is 1. The summed E-state index contributed by atoms with van der Waals surface area (Å²) in [5.41, 5.74) is 7.68. The van der Waals surface area contributed by atoms with Crippen LogP contribution in [0.2, 0.25) is 0 Å². The zero-order chi connectivity index (χ0) is 13.4. The van der Waals surface area contributed by atoms with Gasteiger partial charge in [-0.25, -0.2) is 0 Å². The van der Waals surface area contributed by atoms with Crippen LogP contribution in [0.15, 0.2) is 18.2 Å². The summed E-state index contributed by atoms with van der Waals surface area (Å²) in [5, 5.41) is 2.77. The van der Waals surface area contributed by atoms with E-state index in [0.717, 1.165) is 5.56 Å². The number of methoxy groups -OCH3 is 1. The number of ether oxygens (including phenoxy) is 1. The molecule has 1 rings (SSSR count). The van der Waals surface area contributed by atoms with E-state index in [9.17, 15) is 4.79 Å². The minimum Gasteiger partial charge on any atom is -0.383 e. The van der Waals surface area contributed by atoms with Crippen LogP contribution >= 0.6 is 0 Å². The lowest BCUT2D eigenvalue weighted by atomic mass is 10.0. The third kappa shape index (κ3) is 4.21. The maximum absolute atomic E-state index is 11.9. The number of aryl methyl sites for hydroxylation is 1. The molecule has 4 nitrogen and oxygen atoms in total. The number of hydrogen-bond donors (Lipinski definition) is 2. The minimum absolute atomic E-state index is 0.145. The Bertz CT molecular complexity index is 472. The highest BCUT2D eigenvalue weighted by Gasteiger charge is 2.09. The molecule has 0 aliphatic rings. The van der Waals surface area contributed by atoms with Crippen LogP contribution in [0.1, 0.15) is 21.5 Å². The lowest BCUT2D eigenvalue weighted by molar-refractivity contribution is 0.0937. The molecule has 1 aromatic rings. The Hall–Kier alpha value is -1.83. The van der Waals surface area contributed by atoms with Gasteiger partial charge in [0.1, 0.15) is 0 Å². The van der Waals surface area contributed by atoms with Crippen LogP contribution in [-0.4, -0.2) is 32.7 Å². The number of nitrogens with two attached hydrogens (primary N) is 1. The monoisotopic (exact) mass is 246 g/mol. The molecule has 0 saturated carbocycles. The smallest absolute Gasteiger partial charge is 0.252 e. The lowest BCUT2D eigenvalue weighted by Crippen LogP contribution is -2.27. The molecule has 96 valence electrons. The van der Waals surface area contributed by atoms with Crippen LogP contribution in [0.5, 0.6) is 0 Å². The Morgan fingerprint density at radius 2 is 2.28 bits per heavy atom. The molecular formula is C14H18N2O2. The van der Waals surface area contributed by atoms with Gasteiger partial charge in [0, 0.05) is 19.2 Å². The summed E-state index contributed by atoms with van der Waals surface area (Å²) in [5.74, 6) is 5.54. The Morgan fingerprint density at radius 3 is 2.94 bits per heavy atom. The first kappa shape index (κ1) is 14.2. The van der Waals surface area contributed by atoms with E-state index < -0.39 is 0 Å². The molecule has 0 fully saturated rings. The van der Waals surface area contributed by atoms with E-state index in [1.54, 1.807) is 13.2 Å². The van der Waals surface area contributed by atoms with Gasteiger partial charge in [0.2, 0.25) is 0 Å². The molecule has 4 heteroatoms. The van der Waals surface area contributed by atoms with Crippen LogP contribution in [0.3, 0.4) is 0 Å². The van der Waals surface area contributed by atoms with Gasteiger partial charge >= 0.3 is 0 Å². The van der Waals surface area contributed by atoms with E-state index in [-0.39, 0.29) is 12.5 Å². The first-order chi connectivity index (χ1) is 8.69. The van der Waals surface area contributed by atoms with E-state index in [1.165, 1.54) is 0 Å². The normalized spacial score (nSPS) is 9.50. The predicted octanol–water partition coefficient (Wildman–Crippen LogP) is 0.681. The van der Waals surface area contributed by atoms with Crippen molar-refractivity contribution >= 4 is 5.91 Å². The first-order valence-electron chi connectivity index (χ1n) is 5.75. The molecule has 0 bridgehead atoms. The predicted molar refractivity (Wildman–Crippen MR) is 71.3 cm³/mol. The van der Waals surface area contributed by atoms with Crippen molar-refractivity contribution in [1.29, 1.82) is 0 Å². The maximum atomic E-state index is 11.9. The molecule has 0 heterocycles. The standard InChI is InChI=1S/C14H18N2O2/c1-11-5-6-13(12(10-11)4-3-7-15)14(17)16-8-9-18-2/h5-6,10H,7-9,15H2,1-2H3,(H,16,17). The molecule has 18 heavy (non-hydrogen) atoms. The van der Waals surface area contributed by atoms with E-state index in [4.69, 9.17) is 10.5 Å². The second kappa shape index (κ2) is 7.49. The van der Waals surface area contributed by atoms with Crippen molar-refractivity contribution in [2.24, 2.45) is 5.73 Å². The summed E-state index contributed by atoms with van der Waals surface area (Å²) in [6, 6.07) is 5.55. The molecule has 0 atom stereocenters. The number of nitrogens with one attached hydrogen (secondary N) is 1. The summed E-state index contributed by atoms with van der Waals surface area (Å²) in [4.78, 5) is 11.9. The fourth-order valence-corrected chi connectivity index (χ4v) is 1.47. The zero-order valence-electron chi connectivity index (χ0n) is 10.7. The van der Waals surface area contributed by atoms with E-state index >= 15 is 0 Å². The number of carbonyl (C=O) groups excluding carboxylic acids is 1. The van der Waals surface area contributed by atoms with Crippen molar-refractivity contribution in [3.05, 3.63) is 34.9 Å². The fourth-order valence-electron chi connectivity index (χ4n) is 1.47. The molecule has 1 amide bonds. The van der Waals surface area contributed by atoms with E-state index in [2.05, 4.69) is 17.2 Å². The lowest BCUT2D eigenvalue weighted by Gasteiger charge is -2.07. The van der Waals surface area contributed by atoms with Crippen molar-refractivity contribution in [3.8, 4) is 11.8 Å². The summed E-state index contributed by atoms with van der Waals surface area (Å²) in [7, 11) is 1.59. The van der Waals surface area contributed by atoms with Gasteiger partial charge in [-0.3, -0.25) is 4.79 Å². The topological polar surface area (TPSA) is 64.3 Å². The Morgan fingerprint density at radius 1 is 1.50 bits per heavy atom. The Labute approximate surface area is 108 Å². The quantitative estimate of drug-likeness (QED) is 0.606. The highest BCUT2D eigenvalue weighted by atomic mass is 16.5. The summed E-state index contributed by atoms with van der Waals surface area (Å²) in [6.07, 6.45) is 0. The highest BCUT2D eigenvalue weighted by Crippen LogP contribution is 2.10. The molecular weight excluding hydrogens is 228 g/mol. The van der Waals surface area contributed by atoms with Crippen molar-refractivity contribution in [1.82, 2.24) is 5.32 Å². The third-order valence-electron chi connectivity index (χ3n) is 2.34. The molecule has 0 spiro atoms. The van der Waals surface area contributed by atoms with Crippen LogP contribution in [0, 0.1) is 18.8 Å². The van der Waals surface area contributed by atoms with Crippen LogP contribution in [0.4, 0.5) is 0 Å². The van der Waals surface area contributed by atoms with Gasteiger partial charge in [-0.15, -0.1) is 0 Å². The number of benzene rings is 1. The van der Waals surface area contributed by atoms with Gasteiger partial charge in [-0.05, 0) is 24.6 Å². The van der Waals surface area contributed by atoms with E-state index in [0.29, 0.717) is 24.3 Å². The van der Waals surface area contributed by atoms with E-state index in [1.807, 2.05) is 19.1 Å². The number of rotatable bonds is 4. The third-order valence-corrected chi connectivity index (χ3v) is 2.34. The Kier molecular flexibility index (Phi) is 5.92. The molecule has 3 N–H and O–H groups in total. The summed E-state index contributed by atoms with van der Waals surface area (Å²) >= 11 is 0. The van der Waals surface area contributed by atoms with Gasteiger partial charge < -0.3 is 15.8 Å². The molecule has 0 saturated heterocycles. The molecule has 0 unspecified atom stereocenters. The van der Waals surface area contributed by atoms with Gasteiger partial charge in [0.15, 0.2) is 0 Å². The fraction of sp³-hybridized carbons (Fsp3) is 0.357. The van der Waals surface area contributed by atoms with Crippen molar-refractivity contribution in [3.63, 3.8) is 0 Å². The molecule has 0 aromatic heterocycles. The zero-order valence-corrected chi connectivity index (χ0v) is 10.7. The average molecular weight is 246 g/mol. The van der Waals surface area contributed by atoms with Crippen LogP contribution in [-0.2, 0) is 4.74 Å². The molecule has 0 aliphatic heterocycles. The maximum Gasteiger partial charge on any atom is 0.252 e. The molecule has 0 radical (unpaired) electrons. The van der Waals surface area contributed by atoms with Gasteiger partial charge in [-0.1, -0.05) is 17.9 Å².